The van der Waals surface area contributed by atoms with Crippen LogP contribution in [0.3, 0.4) is 0 Å². The Balaban J connectivity index is 2.32. The Bertz CT molecular complexity index is 482. The van der Waals surface area contributed by atoms with Crippen molar-refractivity contribution < 1.29 is 0 Å². The molecule has 19 heavy (non-hydrogen) atoms. The van der Waals surface area contributed by atoms with Crippen molar-refractivity contribution >= 4 is 23.0 Å². The van der Waals surface area contributed by atoms with Gasteiger partial charge in [-0.15, -0.1) is 0 Å². The minimum absolute atomic E-state index is 0.419. The molecule has 1 aromatic heterocycles. The molecule has 0 aromatic carbocycles. The minimum atomic E-state index is 0.419. The van der Waals surface area contributed by atoms with Gasteiger partial charge in [0.05, 0.1) is 5.56 Å². The quantitative estimate of drug-likeness (QED) is 0.844. The zero-order valence-electron chi connectivity index (χ0n) is 12.1. The zero-order valence-corrected chi connectivity index (χ0v) is 12.9. The van der Waals surface area contributed by atoms with Crippen LogP contribution in [0.15, 0.2) is 12.3 Å². The SMILES string of the molecule is Cc1ccnc(N2CCCC(C)(C)CC2)c1C(N)=S. The second-order valence-electron chi connectivity index (χ2n) is 6.20. The molecule has 0 unspecified atom stereocenters. The molecule has 1 fully saturated rings. The third-order valence-electron chi connectivity index (χ3n) is 4.03. The lowest BCUT2D eigenvalue weighted by Gasteiger charge is -2.26. The first kappa shape index (κ1) is 14.3. The monoisotopic (exact) mass is 277 g/mol. The van der Waals surface area contributed by atoms with Gasteiger partial charge in [-0.3, -0.25) is 0 Å². The highest BCUT2D eigenvalue weighted by molar-refractivity contribution is 7.80. The number of nitrogens with two attached hydrogens (primary N) is 1. The maximum absolute atomic E-state index is 5.88. The minimum Gasteiger partial charge on any atom is -0.389 e. The summed E-state index contributed by atoms with van der Waals surface area (Å²) in [7, 11) is 0. The lowest BCUT2D eigenvalue weighted by Crippen LogP contribution is -2.29. The Kier molecular flexibility index (Phi) is 4.09. The molecule has 4 heteroatoms. The fourth-order valence-corrected chi connectivity index (χ4v) is 2.98. The van der Waals surface area contributed by atoms with Crippen molar-refractivity contribution in [2.75, 3.05) is 18.0 Å². The molecule has 2 rings (SSSR count). The summed E-state index contributed by atoms with van der Waals surface area (Å²) in [4.78, 5) is 7.32. The Hall–Kier alpha value is -1.16. The van der Waals surface area contributed by atoms with E-state index in [0.717, 1.165) is 30.0 Å². The maximum Gasteiger partial charge on any atom is 0.139 e. The zero-order chi connectivity index (χ0) is 14.0. The van der Waals surface area contributed by atoms with E-state index in [9.17, 15) is 0 Å². The van der Waals surface area contributed by atoms with Crippen LogP contribution >= 0.6 is 12.2 Å². The van der Waals surface area contributed by atoms with Gasteiger partial charge in [0.1, 0.15) is 10.8 Å². The molecule has 1 saturated heterocycles. The molecule has 0 spiro atoms. The predicted octanol–water partition coefficient (Wildman–Crippen LogP) is 3.04. The lowest BCUT2D eigenvalue weighted by atomic mass is 9.85. The van der Waals surface area contributed by atoms with Gasteiger partial charge in [0.25, 0.3) is 0 Å². The van der Waals surface area contributed by atoms with Crippen LogP contribution in [0.2, 0.25) is 0 Å². The third kappa shape index (κ3) is 3.24. The average Bonchev–Trinajstić information content (AvgIpc) is 2.49. The van der Waals surface area contributed by atoms with Gasteiger partial charge in [-0.05, 0) is 43.2 Å². The standard InChI is InChI=1S/C15H23N3S/c1-11-5-8-17-14(12(11)13(16)19)18-9-4-6-15(2,3)7-10-18/h5,8H,4,6-7,9-10H2,1-3H3,(H2,16,19). The summed E-state index contributed by atoms with van der Waals surface area (Å²) in [5.41, 5.74) is 8.35. The molecule has 0 amide bonds. The number of anilines is 1. The highest BCUT2D eigenvalue weighted by Gasteiger charge is 2.25. The number of hydrogen-bond donors (Lipinski definition) is 1. The molecular formula is C15H23N3S. The molecular weight excluding hydrogens is 254 g/mol. The van der Waals surface area contributed by atoms with Crippen molar-refractivity contribution in [3.05, 3.63) is 23.4 Å². The van der Waals surface area contributed by atoms with E-state index in [0.29, 0.717) is 10.4 Å². The van der Waals surface area contributed by atoms with E-state index in [1.54, 1.807) is 0 Å². The highest BCUT2D eigenvalue weighted by atomic mass is 32.1. The van der Waals surface area contributed by atoms with Crippen molar-refractivity contribution in [1.29, 1.82) is 0 Å². The van der Waals surface area contributed by atoms with Crippen molar-refractivity contribution in [3.8, 4) is 0 Å². The Morgan fingerprint density at radius 2 is 2.11 bits per heavy atom. The molecule has 0 saturated carbocycles. The number of aryl methyl sites for hydroxylation is 1. The summed E-state index contributed by atoms with van der Waals surface area (Å²) >= 11 is 5.20. The van der Waals surface area contributed by atoms with E-state index >= 15 is 0 Å². The molecule has 1 aliphatic rings. The highest BCUT2D eigenvalue weighted by Crippen LogP contribution is 2.32. The van der Waals surface area contributed by atoms with Crippen LogP contribution in [-0.2, 0) is 0 Å². The third-order valence-corrected chi connectivity index (χ3v) is 4.23. The van der Waals surface area contributed by atoms with E-state index < -0.39 is 0 Å². The van der Waals surface area contributed by atoms with Crippen LogP contribution in [-0.4, -0.2) is 23.1 Å². The molecule has 2 N–H and O–H groups in total. The fourth-order valence-electron chi connectivity index (χ4n) is 2.72. The van der Waals surface area contributed by atoms with Crippen LogP contribution in [0.1, 0.15) is 44.2 Å². The van der Waals surface area contributed by atoms with Gasteiger partial charge in [0.15, 0.2) is 0 Å². The van der Waals surface area contributed by atoms with Crippen LogP contribution in [0.25, 0.3) is 0 Å². The van der Waals surface area contributed by atoms with Gasteiger partial charge in [-0.2, -0.15) is 0 Å². The van der Waals surface area contributed by atoms with Crippen LogP contribution in [0, 0.1) is 12.3 Å². The topological polar surface area (TPSA) is 42.2 Å². The summed E-state index contributed by atoms with van der Waals surface area (Å²) in [6.07, 6.45) is 5.49. The average molecular weight is 277 g/mol. The van der Waals surface area contributed by atoms with Gasteiger partial charge >= 0.3 is 0 Å². The van der Waals surface area contributed by atoms with E-state index in [4.69, 9.17) is 18.0 Å². The Labute approximate surface area is 121 Å². The fraction of sp³-hybridized carbons (Fsp3) is 0.600. The number of pyridine rings is 1. The second-order valence-corrected chi connectivity index (χ2v) is 6.64. The predicted molar refractivity (Wildman–Crippen MR) is 84.7 cm³/mol. The normalized spacial score (nSPS) is 19.0. The summed E-state index contributed by atoms with van der Waals surface area (Å²) in [6.45, 7) is 8.79. The smallest absolute Gasteiger partial charge is 0.139 e. The van der Waals surface area contributed by atoms with Gasteiger partial charge in [0, 0.05) is 19.3 Å². The Morgan fingerprint density at radius 1 is 1.37 bits per heavy atom. The van der Waals surface area contributed by atoms with Gasteiger partial charge in [0.2, 0.25) is 0 Å². The number of nitrogens with zero attached hydrogens (tertiary/aromatic N) is 2. The molecule has 1 aliphatic heterocycles. The van der Waals surface area contributed by atoms with Crippen LogP contribution in [0.5, 0.6) is 0 Å². The summed E-state index contributed by atoms with van der Waals surface area (Å²) in [5.74, 6) is 0.963. The maximum atomic E-state index is 5.88. The second kappa shape index (κ2) is 5.45. The van der Waals surface area contributed by atoms with Crippen LogP contribution < -0.4 is 10.6 Å². The first-order valence-electron chi connectivity index (χ1n) is 6.91. The van der Waals surface area contributed by atoms with E-state index in [1.807, 2.05) is 19.2 Å². The molecule has 104 valence electrons. The van der Waals surface area contributed by atoms with E-state index in [2.05, 4.69) is 23.7 Å². The molecule has 1 aromatic rings. The largest absolute Gasteiger partial charge is 0.389 e. The Morgan fingerprint density at radius 3 is 2.79 bits per heavy atom. The molecule has 2 heterocycles. The molecule has 3 nitrogen and oxygen atoms in total. The van der Waals surface area contributed by atoms with Gasteiger partial charge in [-0.1, -0.05) is 26.1 Å². The lowest BCUT2D eigenvalue weighted by molar-refractivity contribution is 0.325. The van der Waals surface area contributed by atoms with Crippen molar-refractivity contribution in [2.45, 2.75) is 40.0 Å². The molecule has 0 radical (unpaired) electrons. The molecule has 0 atom stereocenters. The van der Waals surface area contributed by atoms with E-state index in [1.165, 1.54) is 19.3 Å². The number of aromatic nitrogens is 1. The van der Waals surface area contributed by atoms with E-state index in [-0.39, 0.29) is 0 Å². The number of hydrogen-bond acceptors (Lipinski definition) is 3. The van der Waals surface area contributed by atoms with Crippen molar-refractivity contribution in [2.24, 2.45) is 11.1 Å². The summed E-state index contributed by atoms with van der Waals surface area (Å²) in [5, 5.41) is 0. The number of rotatable bonds is 2. The van der Waals surface area contributed by atoms with Crippen molar-refractivity contribution in [1.82, 2.24) is 4.98 Å². The van der Waals surface area contributed by atoms with Crippen LogP contribution in [0.4, 0.5) is 5.82 Å². The summed E-state index contributed by atoms with van der Waals surface area (Å²) in [6, 6.07) is 1.97. The molecule has 0 aliphatic carbocycles. The van der Waals surface area contributed by atoms with Crippen molar-refractivity contribution in [3.63, 3.8) is 0 Å². The van der Waals surface area contributed by atoms with Gasteiger partial charge < -0.3 is 10.6 Å². The summed E-state index contributed by atoms with van der Waals surface area (Å²) < 4.78 is 0. The number of thiocarbonyl (C=S) groups is 1. The molecule has 0 bridgehead atoms. The first-order valence-corrected chi connectivity index (χ1v) is 7.32. The van der Waals surface area contributed by atoms with Gasteiger partial charge in [-0.25, -0.2) is 4.98 Å². The first-order chi connectivity index (χ1) is 8.91.